The molecular weight excluding hydrogens is 223 g/mol. The van der Waals surface area contributed by atoms with Crippen LogP contribution >= 0.6 is 0 Å². The number of rotatable bonds is 1. The Morgan fingerprint density at radius 2 is 2.00 bits per heavy atom. The van der Waals surface area contributed by atoms with E-state index in [1.807, 2.05) is 4.90 Å². The van der Waals surface area contributed by atoms with Crippen molar-refractivity contribution in [2.75, 3.05) is 10.6 Å². The molecule has 3 N–H and O–H groups in total. The number of piperidine rings is 1. The molecule has 0 amide bonds. The van der Waals surface area contributed by atoms with Gasteiger partial charge in [0.2, 0.25) is 5.95 Å². The summed E-state index contributed by atoms with van der Waals surface area (Å²) >= 11 is 0. The van der Waals surface area contributed by atoms with Crippen LogP contribution in [-0.2, 0) is 0 Å². The molecule has 17 heavy (non-hydrogen) atoms. The average Bonchev–Trinajstić information content (AvgIpc) is 2.54. The fourth-order valence-corrected chi connectivity index (χ4v) is 3.05. The van der Waals surface area contributed by atoms with Crippen molar-refractivity contribution in [2.24, 2.45) is 0 Å². The number of aliphatic hydroxyl groups is 1. The fourth-order valence-electron chi connectivity index (χ4n) is 3.05. The van der Waals surface area contributed by atoms with E-state index in [1.54, 1.807) is 0 Å². The van der Waals surface area contributed by atoms with E-state index in [-0.39, 0.29) is 30.0 Å². The van der Waals surface area contributed by atoms with Gasteiger partial charge in [-0.1, -0.05) is 0 Å². The van der Waals surface area contributed by atoms with Crippen LogP contribution in [0, 0.1) is 5.82 Å². The van der Waals surface area contributed by atoms with Crippen molar-refractivity contribution in [2.45, 2.75) is 43.9 Å². The lowest BCUT2D eigenvalue weighted by atomic mass is 10.00. The van der Waals surface area contributed by atoms with Crippen molar-refractivity contribution in [3.63, 3.8) is 0 Å². The molecule has 2 aliphatic heterocycles. The minimum atomic E-state index is -0.438. The van der Waals surface area contributed by atoms with Gasteiger partial charge in [0.25, 0.3) is 0 Å². The molecule has 0 spiro atoms. The summed E-state index contributed by atoms with van der Waals surface area (Å²) in [6.45, 7) is 0. The summed E-state index contributed by atoms with van der Waals surface area (Å²) in [7, 11) is 0. The average molecular weight is 238 g/mol. The molecule has 0 radical (unpaired) electrons. The van der Waals surface area contributed by atoms with Crippen LogP contribution in [0.15, 0.2) is 6.20 Å². The first-order valence-electron chi connectivity index (χ1n) is 5.89. The first-order valence-corrected chi connectivity index (χ1v) is 5.89. The van der Waals surface area contributed by atoms with E-state index >= 15 is 0 Å². The molecule has 0 aromatic carbocycles. The van der Waals surface area contributed by atoms with E-state index in [2.05, 4.69) is 9.97 Å². The molecule has 6 heteroatoms. The first kappa shape index (κ1) is 10.7. The van der Waals surface area contributed by atoms with E-state index in [1.165, 1.54) is 0 Å². The van der Waals surface area contributed by atoms with E-state index in [0.29, 0.717) is 12.8 Å². The Morgan fingerprint density at radius 1 is 1.35 bits per heavy atom. The number of halogens is 1. The molecule has 0 aliphatic carbocycles. The van der Waals surface area contributed by atoms with Crippen molar-refractivity contribution in [3.05, 3.63) is 12.0 Å². The summed E-state index contributed by atoms with van der Waals surface area (Å²) in [4.78, 5) is 9.61. The smallest absolute Gasteiger partial charge is 0.222 e. The fraction of sp³-hybridized carbons (Fsp3) is 0.636. The van der Waals surface area contributed by atoms with Crippen LogP contribution in [0.1, 0.15) is 25.7 Å². The second-order valence-corrected chi connectivity index (χ2v) is 4.82. The maximum absolute atomic E-state index is 13.7. The van der Waals surface area contributed by atoms with Crippen LogP contribution < -0.4 is 10.6 Å². The molecule has 1 aromatic heterocycles. The predicted octanol–water partition coefficient (Wildman–Crippen LogP) is 0.690. The molecule has 1 aromatic rings. The van der Waals surface area contributed by atoms with Crippen LogP contribution in [0.3, 0.4) is 0 Å². The lowest BCUT2D eigenvalue weighted by molar-refractivity contribution is 0.125. The molecule has 2 aliphatic rings. The van der Waals surface area contributed by atoms with Gasteiger partial charge < -0.3 is 15.7 Å². The number of hydrogen-bond acceptors (Lipinski definition) is 5. The highest BCUT2D eigenvalue weighted by molar-refractivity contribution is 5.47. The lowest BCUT2D eigenvalue weighted by Crippen LogP contribution is -2.45. The van der Waals surface area contributed by atoms with Gasteiger partial charge in [0.15, 0.2) is 11.6 Å². The molecule has 0 saturated carbocycles. The number of nitrogens with two attached hydrogens (primary N) is 1. The third kappa shape index (κ3) is 1.72. The Balaban J connectivity index is 1.97. The molecule has 2 saturated heterocycles. The van der Waals surface area contributed by atoms with Crippen LogP contribution in [-0.4, -0.2) is 33.3 Å². The summed E-state index contributed by atoms with van der Waals surface area (Å²) in [6, 6.07) is 0.347. The monoisotopic (exact) mass is 238 g/mol. The number of aromatic nitrogens is 2. The van der Waals surface area contributed by atoms with Crippen LogP contribution in [0.5, 0.6) is 0 Å². The van der Waals surface area contributed by atoms with Gasteiger partial charge >= 0.3 is 0 Å². The van der Waals surface area contributed by atoms with E-state index in [0.717, 1.165) is 19.0 Å². The maximum Gasteiger partial charge on any atom is 0.222 e. The Kier molecular flexibility index (Phi) is 2.39. The van der Waals surface area contributed by atoms with Crippen molar-refractivity contribution in [1.82, 2.24) is 9.97 Å². The molecule has 5 nitrogen and oxygen atoms in total. The van der Waals surface area contributed by atoms with Gasteiger partial charge in [-0.2, -0.15) is 4.98 Å². The van der Waals surface area contributed by atoms with E-state index in [9.17, 15) is 9.50 Å². The maximum atomic E-state index is 13.7. The number of fused-ring (bicyclic) bond motifs is 2. The Labute approximate surface area is 98.5 Å². The summed E-state index contributed by atoms with van der Waals surface area (Å²) < 4.78 is 13.7. The highest BCUT2D eigenvalue weighted by atomic mass is 19.1. The van der Waals surface area contributed by atoms with Gasteiger partial charge in [0, 0.05) is 12.1 Å². The number of aliphatic hydroxyl groups excluding tert-OH is 1. The summed E-state index contributed by atoms with van der Waals surface area (Å²) in [5.41, 5.74) is 5.51. The predicted molar refractivity (Wildman–Crippen MR) is 60.9 cm³/mol. The highest BCUT2D eigenvalue weighted by Crippen LogP contribution is 2.39. The van der Waals surface area contributed by atoms with Crippen molar-refractivity contribution in [1.29, 1.82) is 0 Å². The summed E-state index contributed by atoms with van der Waals surface area (Å²) in [6.07, 6.45) is 4.16. The normalized spacial score (nSPS) is 31.9. The quantitative estimate of drug-likeness (QED) is 0.753. The number of nitrogens with zero attached hydrogens (tertiary/aromatic N) is 3. The van der Waals surface area contributed by atoms with Gasteiger partial charge in [-0.3, -0.25) is 0 Å². The van der Waals surface area contributed by atoms with Crippen LogP contribution in [0.25, 0.3) is 0 Å². The van der Waals surface area contributed by atoms with Crippen LogP contribution in [0.2, 0.25) is 0 Å². The molecule has 3 heterocycles. The van der Waals surface area contributed by atoms with E-state index in [4.69, 9.17) is 5.73 Å². The van der Waals surface area contributed by atoms with Gasteiger partial charge in [-0.15, -0.1) is 0 Å². The second-order valence-electron chi connectivity index (χ2n) is 4.82. The molecule has 2 unspecified atom stereocenters. The van der Waals surface area contributed by atoms with Gasteiger partial charge in [-0.05, 0) is 25.7 Å². The zero-order chi connectivity index (χ0) is 12.0. The van der Waals surface area contributed by atoms with E-state index < -0.39 is 5.82 Å². The third-order valence-corrected chi connectivity index (χ3v) is 3.70. The van der Waals surface area contributed by atoms with Gasteiger partial charge in [-0.25, -0.2) is 9.37 Å². The van der Waals surface area contributed by atoms with Crippen molar-refractivity contribution in [3.8, 4) is 0 Å². The molecular formula is C11H15FN4O. The third-order valence-electron chi connectivity index (χ3n) is 3.70. The number of anilines is 2. The Bertz CT molecular complexity index is 427. The topological polar surface area (TPSA) is 75.3 Å². The van der Waals surface area contributed by atoms with Crippen LogP contribution in [0.4, 0.5) is 16.2 Å². The largest absolute Gasteiger partial charge is 0.393 e. The Morgan fingerprint density at radius 3 is 2.65 bits per heavy atom. The molecule has 2 atom stereocenters. The molecule has 2 bridgehead atoms. The van der Waals surface area contributed by atoms with Crippen molar-refractivity contribution < 1.29 is 9.50 Å². The SMILES string of the molecule is Nc1ncc(F)c(N2C3CCC2CC(O)C3)n1. The number of nitrogen functional groups attached to an aromatic ring is 1. The lowest BCUT2D eigenvalue weighted by Gasteiger charge is -2.38. The highest BCUT2D eigenvalue weighted by Gasteiger charge is 2.41. The zero-order valence-corrected chi connectivity index (χ0v) is 9.38. The standard InChI is InChI=1S/C11H15FN4O/c12-9-5-14-11(13)15-10(9)16-6-1-2-7(16)4-8(17)3-6/h5-8,17H,1-4H2,(H2,13,14,15). The van der Waals surface area contributed by atoms with Crippen molar-refractivity contribution >= 4 is 11.8 Å². The van der Waals surface area contributed by atoms with Gasteiger partial charge in [0.1, 0.15) is 0 Å². The Hall–Kier alpha value is -1.43. The molecule has 92 valence electrons. The number of hydrogen-bond donors (Lipinski definition) is 2. The molecule has 2 fully saturated rings. The minimum absolute atomic E-state index is 0.0897. The second kappa shape index (κ2) is 3.80. The molecule has 3 rings (SSSR count). The summed E-state index contributed by atoms with van der Waals surface area (Å²) in [5.74, 6) is -0.0590. The minimum Gasteiger partial charge on any atom is -0.393 e. The zero-order valence-electron chi connectivity index (χ0n) is 9.38. The summed E-state index contributed by atoms with van der Waals surface area (Å²) in [5, 5.41) is 9.70. The first-order chi connectivity index (χ1) is 8.15. The van der Waals surface area contributed by atoms with Gasteiger partial charge in [0.05, 0.1) is 12.3 Å².